The lowest BCUT2D eigenvalue weighted by atomic mass is 9.99. The van der Waals surface area contributed by atoms with Gasteiger partial charge in [0.15, 0.2) is 5.76 Å². The summed E-state index contributed by atoms with van der Waals surface area (Å²) in [5, 5.41) is 8.89. The molecule has 0 spiro atoms. The summed E-state index contributed by atoms with van der Waals surface area (Å²) >= 11 is 0. The van der Waals surface area contributed by atoms with Crippen LogP contribution in [0.15, 0.2) is 34.9 Å². The number of anilines is 1. The lowest BCUT2D eigenvalue weighted by Crippen LogP contribution is -2.35. The number of aromatic carboxylic acids is 1. The molecule has 2 heterocycles. The number of carbonyl (C=O) groups excluding carboxylic acids is 1. The van der Waals surface area contributed by atoms with Gasteiger partial charge in [-0.1, -0.05) is 17.7 Å². The van der Waals surface area contributed by atoms with E-state index in [0.29, 0.717) is 6.54 Å². The molecule has 0 bridgehead atoms. The van der Waals surface area contributed by atoms with Crippen LogP contribution in [0, 0.1) is 6.92 Å². The van der Waals surface area contributed by atoms with Crippen LogP contribution >= 0.6 is 0 Å². The van der Waals surface area contributed by atoms with Crippen molar-refractivity contribution in [1.29, 1.82) is 0 Å². The van der Waals surface area contributed by atoms with Crippen molar-refractivity contribution in [2.45, 2.75) is 19.8 Å². The summed E-state index contributed by atoms with van der Waals surface area (Å²) in [5.41, 5.74) is 3.17. The van der Waals surface area contributed by atoms with E-state index in [9.17, 15) is 9.59 Å². The molecule has 0 atom stereocenters. The van der Waals surface area contributed by atoms with E-state index in [2.05, 4.69) is 6.07 Å². The summed E-state index contributed by atoms with van der Waals surface area (Å²) < 4.78 is 5.11. The Bertz CT molecular complexity index is 717. The van der Waals surface area contributed by atoms with Crippen molar-refractivity contribution in [3.63, 3.8) is 0 Å². The molecule has 1 N–H and O–H groups in total. The minimum atomic E-state index is -1.10. The molecule has 1 aromatic heterocycles. The number of carboxylic acid groups (broad SMARTS) is 1. The Balaban J connectivity index is 1.94. The summed E-state index contributed by atoms with van der Waals surface area (Å²) in [6.45, 7) is 2.63. The average molecular weight is 285 g/mol. The van der Waals surface area contributed by atoms with Crippen molar-refractivity contribution < 1.29 is 19.1 Å². The topological polar surface area (TPSA) is 70.8 Å². The lowest BCUT2D eigenvalue weighted by molar-refractivity contribution is 0.0696. The number of aryl methyl sites for hydroxylation is 2. The molecule has 3 rings (SSSR count). The maximum Gasteiger partial charge on any atom is 0.338 e. The van der Waals surface area contributed by atoms with E-state index < -0.39 is 5.97 Å². The largest absolute Gasteiger partial charge is 0.478 e. The lowest BCUT2D eigenvalue weighted by Gasteiger charge is -2.29. The molecule has 5 nitrogen and oxygen atoms in total. The number of fused-ring (bicyclic) bond motifs is 1. The van der Waals surface area contributed by atoms with Crippen molar-refractivity contribution in [2.24, 2.45) is 0 Å². The fraction of sp³-hybridized carbons (Fsp3) is 0.250. The predicted octanol–water partition coefficient (Wildman–Crippen LogP) is 2.88. The summed E-state index contributed by atoms with van der Waals surface area (Å²) in [5.74, 6) is -1.35. The first-order valence-electron chi connectivity index (χ1n) is 6.79. The summed E-state index contributed by atoms with van der Waals surface area (Å²) in [6.07, 6.45) is 2.92. The van der Waals surface area contributed by atoms with Gasteiger partial charge in [-0.25, -0.2) is 4.79 Å². The molecular weight excluding hydrogens is 270 g/mol. The average Bonchev–Trinajstić information content (AvgIpc) is 2.95. The molecule has 5 heteroatoms. The van der Waals surface area contributed by atoms with Crippen LogP contribution in [0.5, 0.6) is 0 Å². The fourth-order valence-electron chi connectivity index (χ4n) is 2.63. The third kappa shape index (κ3) is 2.42. The van der Waals surface area contributed by atoms with Gasteiger partial charge >= 0.3 is 5.97 Å². The van der Waals surface area contributed by atoms with Crippen LogP contribution in [0.2, 0.25) is 0 Å². The van der Waals surface area contributed by atoms with Crippen LogP contribution in [0.4, 0.5) is 5.69 Å². The second kappa shape index (κ2) is 5.09. The van der Waals surface area contributed by atoms with Gasteiger partial charge in [0.25, 0.3) is 5.91 Å². The number of hydrogen-bond acceptors (Lipinski definition) is 3. The van der Waals surface area contributed by atoms with E-state index in [-0.39, 0.29) is 17.2 Å². The molecule has 108 valence electrons. The number of amides is 1. The standard InChI is InChI=1S/C16H15NO4/c1-10-4-5-13-11(7-10)3-2-6-17(13)15(18)14-8-12(9-21-14)16(19)20/h4-5,7-9H,2-3,6H2,1H3,(H,19,20). The highest BCUT2D eigenvalue weighted by molar-refractivity contribution is 6.06. The second-order valence-electron chi connectivity index (χ2n) is 5.20. The Hall–Kier alpha value is -2.56. The molecule has 0 saturated carbocycles. The van der Waals surface area contributed by atoms with Gasteiger partial charge in [-0.3, -0.25) is 4.79 Å². The van der Waals surface area contributed by atoms with Gasteiger partial charge in [0.05, 0.1) is 5.56 Å². The number of nitrogens with zero attached hydrogens (tertiary/aromatic N) is 1. The first-order chi connectivity index (χ1) is 10.1. The number of benzene rings is 1. The van der Waals surface area contributed by atoms with E-state index in [1.54, 1.807) is 4.90 Å². The van der Waals surface area contributed by atoms with Crippen LogP contribution in [0.25, 0.3) is 0 Å². The SMILES string of the molecule is Cc1ccc2c(c1)CCCN2C(=O)c1cc(C(=O)O)co1. The van der Waals surface area contributed by atoms with Crippen LogP contribution in [-0.2, 0) is 6.42 Å². The van der Waals surface area contributed by atoms with Crippen molar-refractivity contribution in [3.05, 3.63) is 53.0 Å². The van der Waals surface area contributed by atoms with E-state index in [0.717, 1.165) is 35.9 Å². The molecule has 1 aliphatic heterocycles. The van der Waals surface area contributed by atoms with E-state index >= 15 is 0 Å². The normalized spacial score (nSPS) is 13.9. The molecule has 1 aromatic carbocycles. The van der Waals surface area contributed by atoms with Crippen molar-refractivity contribution >= 4 is 17.6 Å². The number of hydrogen-bond donors (Lipinski definition) is 1. The monoisotopic (exact) mass is 285 g/mol. The maximum atomic E-state index is 12.5. The Morgan fingerprint density at radius 3 is 2.81 bits per heavy atom. The van der Waals surface area contributed by atoms with Gasteiger partial charge in [0.2, 0.25) is 0 Å². The van der Waals surface area contributed by atoms with Crippen LogP contribution in [0.3, 0.4) is 0 Å². The number of carboxylic acids is 1. The van der Waals surface area contributed by atoms with Gasteiger partial charge in [0.1, 0.15) is 6.26 Å². The highest BCUT2D eigenvalue weighted by Crippen LogP contribution is 2.29. The van der Waals surface area contributed by atoms with Gasteiger partial charge in [0, 0.05) is 18.3 Å². The molecule has 0 saturated heterocycles. The molecular formula is C16H15NO4. The Morgan fingerprint density at radius 2 is 2.10 bits per heavy atom. The summed E-state index contributed by atoms with van der Waals surface area (Å²) in [4.78, 5) is 25.0. The Labute approximate surface area is 121 Å². The molecule has 0 fully saturated rings. The Kier molecular flexibility index (Phi) is 3.25. The smallest absolute Gasteiger partial charge is 0.338 e. The molecule has 1 amide bonds. The number of furan rings is 1. The van der Waals surface area contributed by atoms with Crippen molar-refractivity contribution in [3.8, 4) is 0 Å². The molecule has 1 aliphatic rings. The van der Waals surface area contributed by atoms with Crippen molar-refractivity contribution in [1.82, 2.24) is 0 Å². The molecule has 0 radical (unpaired) electrons. The zero-order valence-electron chi connectivity index (χ0n) is 11.6. The number of carbonyl (C=O) groups is 2. The van der Waals surface area contributed by atoms with Gasteiger partial charge < -0.3 is 14.4 Å². The third-order valence-electron chi connectivity index (χ3n) is 3.66. The quantitative estimate of drug-likeness (QED) is 0.921. The Morgan fingerprint density at radius 1 is 1.29 bits per heavy atom. The van der Waals surface area contributed by atoms with Gasteiger partial charge in [-0.15, -0.1) is 0 Å². The van der Waals surface area contributed by atoms with Gasteiger partial charge in [-0.05, 0) is 31.4 Å². The minimum absolute atomic E-state index is 0.0144. The van der Waals surface area contributed by atoms with Gasteiger partial charge in [-0.2, -0.15) is 0 Å². The highest BCUT2D eigenvalue weighted by atomic mass is 16.4. The number of rotatable bonds is 2. The second-order valence-corrected chi connectivity index (χ2v) is 5.20. The van der Waals surface area contributed by atoms with Crippen LogP contribution < -0.4 is 4.90 Å². The molecule has 0 aliphatic carbocycles. The molecule has 0 unspecified atom stereocenters. The molecule has 2 aromatic rings. The van der Waals surface area contributed by atoms with E-state index in [1.165, 1.54) is 6.07 Å². The predicted molar refractivity (Wildman–Crippen MR) is 76.8 cm³/mol. The third-order valence-corrected chi connectivity index (χ3v) is 3.66. The van der Waals surface area contributed by atoms with Crippen molar-refractivity contribution in [2.75, 3.05) is 11.4 Å². The molecule has 21 heavy (non-hydrogen) atoms. The first kappa shape index (κ1) is 13.4. The summed E-state index contributed by atoms with van der Waals surface area (Å²) in [6, 6.07) is 7.25. The maximum absolute atomic E-state index is 12.5. The van der Waals surface area contributed by atoms with E-state index in [1.807, 2.05) is 19.1 Å². The highest BCUT2D eigenvalue weighted by Gasteiger charge is 2.26. The first-order valence-corrected chi connectivity index (χ1v) is 6.79. The van der Waals surface area contributed by atoms with E-state index in [4.69, 9.17) is 9.52 Å². The van der Waals surface area contributed by atoms with Crippen LogP contribution in [-0.4, -0.2) is 23.5 Å². The van der Waals surface area contributed by atoms with Crippen LogP contribution in [0.1, 0.15) is 38.5 Å². The fourth-order valence-corrected chi connectivity index (χ4v) is 2.63. The zero-order chi connectivity index (χ0) is 15.0. The summed E-state index contributed by atoms with van der Waals surface area (Å²) in [7, 11) is 0. The zero-order valence-corrected chi connectivity index (χ0v) is 11.6. The minimum Gasteiger partial charge on any atom is -0.478 e.